The van der Waals surface area contributed by atoms with Crippen molar-refractivity contribution in [2.24, 2.45) is 5.41 Å². The van der Waals surface area contributed by atoms with Crippen LogP contribution in [-0.2, 0) is 11.3 Å². The molecule has 1 aromatic heterocycles. The Morgan fingerprint density at radius 2 is 1.92 bits per heavy atom. The lowest BCUT2D eigenvalue weighted by atomic mass is 9.81. The summed E-state index contributed by atoms with van der Waals surface area (Å²) in [6, 6.07) is 7.90. The Labute approximate surface area is 144 Å². The van der Waals surface area contributed by atoms with Crippen LogP contribution in [-0.4, -0.2) is 24.1 Å². The average Bonchev–Trinajstić information content (AvgIpc) is 2.64. The normalized spacial score (nSPS) is 16.2. The standard InChI is InChI=1S/C19H17FN2O3/c20-16-3-1-14(2-4-16)17-10-22(9-15(11-23)18(17)24)13-19(12-21)5-7-25-8-6-19/h1-4,9-11H,5-8,13H2. The van der Waals surface area contributed by atoms with Crippen molar-refractivity contribution in [3.05, 3.63) is 58.3 Å². The van der Waals surface area contributed by atoms with Crippen molar-refractivity contribution in [1.82, 2.24) is 4.57 Å². The quantitative estimate of drug-likeness (QED) is 0.802. The van der Waals surface area contributed by atoms with Crippen LogP contribution in [0.15, 0.2) is 41.5 Å². The fraction of sp³-hybridized carbons (Fsp3) is 0.316. The van der Waals surface area contributed by atoms with Crippen molar-refractivity contribution in [1.29, 1.82) is 5.26 Å². The number of aldehydes is 1. The van der Waals surface area contributed by atoms with Crippen molar-refractivity contribution >= 4 is 6.29 Å². The molecule has 2 heterocycles. The number of benzene rings is 1. The van der Waals surface area contributed by atoms with E-state index in [9.17, 15) is 19.2 Å². The second-order valence-electron chi connectivity index (χ2n) is 6.26. The zero-order valence-electron chi connectivity index (χ0n) is 13.6. The molecule has 128 valence electrons. The molecule has 1 aromatic carbocycles. The highest BCUT2D eigenvalue weighted by Crippen LogP contribution is 2.32. The molecule has 0 amide bonds. The molecule has 5 nitrogen and oxygen atoms in total. The summed E-state index contributed by atoms with van der Waals surface area (Å²) in [6.45, 7) is 1.39. The van der Waals surface area contributed by atoms with Crippen molar-refractivity contribution < 1.29 is 13.9 Å². The molecule has 1 aliphatic rings. The monoisotopic (exact) mass is 340 g/mol. The molecule has 0 bridgehead atoms. The van der Waals surface area contributed by atoms with Crippen molar-refractivity contribution in [3.63, 3.8) is 0 Å². The van der Waals surface area contributed by atoms with Gasteiger partial charge >= 0.3 is 0 Å². The number of rotatable bonds is 4. The third-order valence-corrected chi connectivity index (χ3v) is 4.56. The third kappa shape index (κ3) is 3.52. The number of ether oxygens (including phenoxy) is 1. The predicted molar refractivity (Wildman–Crippen MR) is 89.6 cm³/mol. The van der Waals surface area contributed by atoms with Gasteiger partial charge in [-0.25, -0.2) is 4.39 Å². The van der Waals surface area contributed by atoms with Gasteiger partial charge in [-0.05, 0) is 30.5 Å². The maximum Gasteiger partial charge on any atom is 0.199 e. The van der Waals surface area contributed by atoms with Gasteiger partial charge < -0.3 is 9.30 Å². The van der Waals surface area contributed by atoms with Crippen molar-refractivity contribution in [3.8, 4) is 17.2 Å². The molecule has 0 aliphatic carbocycles. The summed E-state index contributed by atoms with van der Waals surface area (Å²) in [7, 11) is 0. The number of nitriles is 1. The lowest BCUT2D eigenvalue weighted by Crippen LogP contribution is -2.33. The first-order valence-corrected chi connectivity index (χ1v) is 8.01. The summed E-state index contributed by atoms with van der Waals surface area (Å²) < 4.78 is 20.2. The number of carbonyl (C=O) groups is 1. The van der Waals surface area contributed by atoms with Crippen molar-refractivity contribution in [2.45, 2.75) is 19.4 Å². The Morgan fingerprint density at radius 3 is 2.52 bits per heavy atom. The van der Waals surface area contributed by atoms with E-state index in [0.717, 1.165) is 0 Å². The van der Waals surface area contributed by atoms with E-state index in [1.807, 2.05) is 0 Å². The van der Waals surface area contributed by atoms with Crippen LogP contribution in [0.5, 0.6) is 0 Å². The largest absolute Gasteiger partial charge is 0.381 e. The summed E-state index contributed by atoms with van der Waals surface area (Å²) in [6.07, 6.45) is 4.79. The van der Waals surface area contributed by atoms with E-state index in [4.69, 9.17) is 4.74 Å². The van der Waals surface area contributed by atoms with Gasteiger partial charge in [0.05, 0.1) is 17.0 Å². The van der Waals surface area contributed by atoms with Crippen LogP contribution < -0.4 is 5.43 Å². The molecule has 3 rings (SSSR count). The Hall–Kier alpha value is -2.78. The molecule has 2 aromatic rings. The Balaban J connectivity index is 2.04. The smallest absolute Gasteiger partial charge is 0.199 e. The summed E-state index contributed by atoms with van der Waals surface area (Å²) in [5, 5.41) is 9.61. The van der Waals surface area contributed by atoms with Gasteiger partial charge in [0, 0.05) is 37.7 Å². The summed E-state index contributed by atoms with van der Waals surface area (Å²) in [5.74, 6) is -0.402. The van der Waals surface area contributed by atoms with Crippen LogP contribution >= 0.6 is 0 Å². The van der Waals surface area contributed by atoms with Crippen LogP contribution in [0.2, 0.25) is 0 Å². The van der Waals surface area contributed by atoms with E-state index in [1.165, 1.54) is 30.5 Å². The number of halogens is 1. The molecule has 0 atom stereocenters. The van der Waals surface area contributed by atoms with Crippen LogP contribution in [0.4, 0.5) is 4.39 Å². The minimum Gasteiger partial charge on any atom is -0.381 e. The number of hydrogen-bond donors (Lipinski definition) is 0. The number of nitrogens with zero attached hydrogens (tertiary/aromatic N) is 2. The van der Waals surface area contributed by atoms with Gasteiger partial charge in [0.1, 0.15) is 5.82 Å². The highest BCUT2D eigenvalue weighted by atomic mass is 19.1. The maximum absolute atomic E-state index is 13.1. The summed E-state index contributed by atoms with van der Waals surface area (Å²) in [5.41, 5.74) is -0.141. The molecule has 0 N–H and O–H groups in total. The fourth-order valence-corrected chi connectivity index (χ4v) is 3.08. The van der Waals surface area contributed by atoms with Crippen molar-refractivity contribution in [2.75, 3.05) is 13.2 Å². The fourth-order valence-electron chi connectivity index (χ4n) is 3.08. The van der Waals surface area contributed by atoms with Gasteiger partial charge in [0.15, 0.2) is 11.7 Å². The molecule has 0 radical (unpaired) electrons. The number of aromatic nitrogens is 1. The van der Waals surface area contributed by atoms with Gasteiger partial charge in [-0.2, -0.15) is 5.26 Å². The molecule has 25 heavy (non-hydrogen) atoms. The number of pyridine rings is 1. The highest BCUT2D eigenvalue weighted by Gasteiger charge is 2.33. The molecule has 0 unspecified atom stereocenters. The van der Waals surface area contributed by atoms with Gasteiger partial charge in [-0.3, -0.25) is 9.59 Å². The molecular weight excluding hydrogens is 323 g/mol. The van der Waals surface area contributed by atoms with Gasteiger partial charge in [-0.1, -0.05) is 12.1 Å². The van der Waals surface area contributed by atoms with Gasteiger partial charge in [0.25, 0.3) is 0 Å². The third-order valence-electron chi connectivity index (χ3n) is 4.56. The van der Waals surface area contributed by atoms with E-state index in [2.05, 4.69) is 6.07 Å². The van der Waals surface area contributed by atoms with E-state index < -0.39 is 16.7 Å². The first-order valence-electron chi connectivity index (χ1n) is 8.01. The Morgan fingerprint density at radius 1 is 1.24 bits per heavy atom. The molecule has 0 saturated carbocycles. The van der Waals surface area contributed by atoms with Crippen LogP contribution in [0.1, 0.15) is 23.2 Å². The number of carbonyl (C=O) groups excluding carboxylic acids is 1. The second-order valence-corrected chi connectivity index (χ2v) is 6.26. The molecule has 6 heteroatoms. The Bertz CT molecular complexity index is 875. The summed E-state index contributed by atoms with van der Waals surface area (Å²) in [4.78, 5) is 23.8. The minimum absolute atomic E-state index is 0.0157. The van der Waals surface area contributed by atoms with Gasteiger partial charge in [0.2, 0.25) is 0 Å². The van der Waals surface area contributed by atoms with Crippen LogP contribution in [0.25, 0.3) is 11.1 Å². The van der Waals surface area contributed by atoms with Crippen LogP contribution in [0, 0.1) is 22.6 Å². The molecule has 0 spiro atoms. The lowest BCUT2D eigenvalue weighted by Gasteiger charge is -2.31. The number of hydrogen-bond acceptors (Lipinski definition) is 4. The zero-order chi connectivity index (χ0) is 17.9. The average molecular weight is 340 g/mol. The van der Waals surface area contributed by atoms with E-state index >= 15 is 0 Å². The SMILES string of the molecule is N#CC1(Cn2cc(C=O)c(=O)c(-c3ccc(F)cc3)c2)CCOCC1. The predicted octanol–water partition coefficient (Wildman–Crippen LogP) is 2.79. The Kier molecular flexibility index (Phi) is 4.77. The lowest BCUT2D eigenvalue weighted by molar-refractivity contribution is 0.0332. The minimum atomic E-state index is -0.590. The molecular formula is C19H17FN2O3. The summed E-state index contributed by atoms with van der Waals surface area (Å²) >= 11 is 0. The first-order chi connectivity index (χ1) is 12.1. The molecule has 1 aliphatic heterocycles. The van der Waals surface area contributed by atoms with Gasteiger partial charge in [-0.15, -0.1) is 0 Å². The topological polar surface area (TPSA) is 72.1 Å². The maximum atomic E-state index is 13.1. The highest BCUT2D eigenvalue weighted by molar-refractivity contribution is 5.77. The second kappa shape index (κ2) is 6.99. The first kappa shape index (κ1) is 17.1. The zero-order valence-corrected chi connectivity index (χ0v) is 13.6. The molecule has 1 fully saturated rings. The van der Waals surface area contributed by atoms with E-state index in [1.54, 1.807) is 10.8 Å². The van der Waals surface area contributed by atoms with E-state index in [-0.39, 0.29) is 5.56 Å². The van der Waals surface area contributed by atoms with E-state index in [0.29, 0.717) is 50.0 Å². The molecule has 1 saturated heterocycles. The van der Waals surface area contributed by atoms with Crippen LogP contribution in [0.3, 0.4) is 0 Å².